The molecule has 0 radical (unpaired) electrons. The normalized spacial score (nSPS) is 35.9. The van der Waals surface area contributed by atoms with Crippen LogP contribution in [0.3, 0.4) is 0 Å². The maximum Gasteiger partial charge on any atom is 0.0946 e. The van der Waals surface area contributed by atoms with Gasteiger partial charge in [0.05, 0.1) is 6.10 Å². The lowest BCUT2D eigenvalue weighted by molar-refractivity contribution is 0.121. The molecular formula is C13H17Cl2NO. The van der Waals surface area contributed by atoms with Gasteiger partial charge in [-0.25, -0.2) is 0 Å². The van der Waals surface area contributed by atoms with Crippen LogP contribution in [0.5, 0.6) is 0 Å². The van der Waals surface area contributed by atoms with Crippen molar-refractivity contribution in [2.24, 2.45) is 5.92 Å². The van der Waals surface area contributed by atoms with Gasteiger partial charge < -0.3 is 10.4 Å². The van der Waals surface area contributed by atoms with E-state index in [1.807, 2.05) is 24.3 Å². The molecule has 0 aromatic heterocycles. The largest absolute Gasteiger partial charge is 0.387 e. The van der Waals surface area contributed by atoms with Crippen LogP contribution >= 0.6 is 24.0 Å². The van der Waals surface area contributed by atoms with Crippen molar-refractivity contribution in [1.29, 1.82) is 0 Å². The van der Waals surface area contributed by atoms with Gasteiger partial charge in [0, 0.05) is 16.6 Å². The van der Waals surface area contributed by atoms with E-state index in [1.54, 1.807) is 0 Å². The third-order valence-corrected chi connectivity index (χ3v) is 4.21. The van der Waals surface area contributed by atoms with E-state index in [1.165, 1.54) is 12.8 Å². The number of hydrogen-bond acceptors (Lipinski definition) is 2. The fraction of sp³-hybridized carbons (Fsp3) is 0.538. The van der Waals surface area contributed by atoms with E-state index in [0.29, 0.717) is 10.9 Å². The third kappa shape index (κ3) is 2.19. The number of benzene rings is 1. The van der Waals surface area contributed by atoms with Crippen LogP contribution in [-0.2, 0) is 0 Å². The Kier molecular flexibility index (Phi) is 3.43. The van der Waals surface area contributed by atoms with E-state index in [2.05, 4.69) is 12.2 Å². The summed E-state index contributed by atoms with van der Waals surface area (Å²) in [5.41, 5.74) is 1.19. The summed E-state index contributed by atoms with van der Waals surface area (Å²) in [4.78, 5) is 0. The monoisotopic (exact) mass is 273 g/mol. The van der Waals surface area contributed by atoms with E-state index in [9.17, 15) is 5.11 Å². The Morgan fingerprint density at radius 3 is 2.71 bits per heavy atom. The number of aliphatic hydroxyl groups is 1. The highest BCUT2D eigenvalue weighted by Crippen LogP contribution is 2.50. The lowest BCUT2D eigenvalue weighted by Crippen LogP contribution is -2.40. The van der Waals surface area contributed by atoms with Crippen LogP contribution in [0.4, 0.5) is 0 Å². The molecule has 2 N–H and O–H groups in total. The second-order valence-corrected chi connectivity index (χ2v) is 5.84. The molecule has 1 saturated carbocycles. The molecule has 17 heavy (non-hydrogen) atoms. The van der Waals surface area contributed by atoms with Gasteiger partial charge >= 0.3 is 0 Å². The molecule has 0 unspecified atom stereocenters. The van der Waals surface area contributed by atoms with Crippen molar-refractivity contribution in [3.05, 3.63) is 34.9 Å². The molecule has 2 bridgehead atoms. The summed E-state index contributed by atoms with van der Waals surface area (Å²) in [5, 5.41) is 14.6. The molecule has 0 amide bonds. The van der Waals surface area contributed by atoms with Crippen molar-refractivity contribution in [2.75, 3.05) is 0 Å². The lowest BCUT2D eigenvalue weighted by Gasteiger charge is -2.33. The van der Waals surface area contributed by atoms with Crippen LogP contribution < -0.4 is 5.32 Å². The zero-order valence-electron chi connectivity index (χ0n) is 9.69. The minimum absolute atomic E-state index is 0. The average Bonchev–Trinajstić information content (AvgIpc) is 2.70. The molecule has 3 aliphatic rings. The molecule has 0 spiro atoms. The summed E-state index contributed by atoms with van der Waals surface area (Å²) in [6.45, 7) is 2.23. The summed E-state index contributed by atoms with van der Waals surface area (Å²) in [5.74, 6) is 0.624. The molecule has 4 rings (SSSR count). The fourth-order valence-electron chi connectivity index (χ4n) is 3.22. The highest BCUT2D eigenvalue weighted by atomic mass is 35.5. The summed E-state index contributed by atoms with van der Waals surface area (Å²) in [6, 6.07) is 7.72. The van der Waals surface area contributed by atoms with E-state index in [-0.39, 0.29) is 24.0 Å². The highest BCUT2D eigenvalue weighted by molar-refractivity contribution is 6.30. The Morgan fingerprint density at radius 1 is 1.47 bits per heavy atom. The predicted octanol–water partition coefficient (Wildman–Crippen LogP) is 2.94. The van der Waals surface area contributed by atoms with Crippen molar-refractivity contribution in [3.8, 4) is 0 Å². The molecule has 94 valence electrons. The maximum absolute atomic E-state index is 10.3. The van der Waals surface area contributed by atoms with Crippen molar-refractivity contribution >= 4 is 24.0 Å². The van der Waals surface area contributed by atoms with Crippen molar-refractivity contribution in [2.45, 2.75) is 37.5 Å². The van der Waals surface area contributed by atoms with Gasteiger partial charge in [-0.2, -0.15) is 0 Å². The van der Waals surface area contributed by atoms with E-state index < -0.39 is 6.10 Å². The van der Waals surface area contributed by atoms with Crippen LogP contribution in [0.1, 0.15) is 31.4 Å². The second kappa shape index (κ2) is 4.43. The summed E-state index contributed by atoms with van der Waals surface area (Å²) in [7, 11) is 0. The molecule has 2 atom stereocenters. The van der Waals surface area contributed by atoms with Gasteiger partial charge in [-0.15, -0.1) is 12.4 Å². The van der Waals surface area contributed by atoms with E-state index in [4.69, 9.17) is 11.6 Å². The maximum atomic E-state index is 10.3. The topological polar surface area (TPSA) is 32.3 Å². The van der Waals surface area contributed by atoms with E-state index in [0.717, 1.165) is 5.56 Å². The zero-order valence-corrected chi connectivity index (χ0v) is 11.3. The van der Waals surface area contributed by atoms with Crippen molar-refractivity contribution in [3.63, 3.8) is 0 Å². The van der Waals surface area contributed by atoms with E-state index >= 15 is 0 Å². The van der Waals surface area contributed by atoms with Crippen LogP contribution in [0, 0.1) is 5.92 Å². The van der Waals surface area contributed by atoms with Gasteiger partial charge in [-0.1, -0.05) is 23.7 Å². The van der Waals surface area contributed by atoms with Gasteiger partial charge in [0.2, 0.25) is 0 Å². The summed E-state index contributed by atoms with van der Waals surface area (Å²) >= 11 is 5.94. The molecule has 1 aromatic rings. The first kappa shape index (κ1) is 13.2. The number of nitrogens with one attached hydrogen (secondary N) is 1. The lowest BCUT2D eigenvalue weighted by atomic mass is 9.72. The Morgan fingerprint density at radius 2 is 2.18 bits per heavy atom. The number of rotatable bonds is 2. The Balaban J connectivity index is 0.00000108. The Bertz CT molecular complexity index is 418. The summed E-state index contributed by atoms with van der Waals surface area (Å²) in [6.07, 6.45) is 1.94. The molecule has 4 heteroatoms. The predicted molar refractivity (Wildman–Crippen MR) is 71.7 cm³/mol. The highest BCUT2D eigenvalue weighted by Gasteiger charge is 2.54. The fourth-order valence-corrected chi connectivity index (χ4v) is 3.42. The van der Waals surface area contributed by atoms with Crippen LogP contribution in [0.25, 0.3) is 0 Å². The molecule has 1 aromatic carbocycles. The van der Waals surface area contributed by atoms with Crippen molar-refractivity contribution < 1.29 is 5.11 Å². The first-order valence-electron chi connectivity index (χ1n) is 5.79. The molecule has 2 nitrogen and oxygen atoms in total. The molecule has 1 aliphatic carbocycles. The van der Waals surface area contributed by atoms with Gasteiger partial charge in [-0.3, -0.25) is 0 Å². The average molecular weight is 274 g/mol. The summed E-state index contributed by atoms with van der Waals surface area (Å²) < 4.78 is 0. The molecular weight excluding hydrogens is 257 g/mol. The van der Waals surface area contributed by atoms with Crippen molar-refractivity contribution in [1.82, 2.24) is 5.32 Å². The Hall–Kier alpha value is -0.280. The molecule has 3 fully saturated rings. The molecule has 2 heterocycles. The second-order valence-electron chi connectivity index (χ2n) is 5.40. The minimum Gasteiger partial charge on any atom is -0.387 e. The smallest absolute Gasteiger partial charge is 0.0946 e. The third-order valence-electron chi connectivity index (χ3n) is 3.98. The van der Waals surface area contributed by atoms with Gasteiger partial charge in [0.15, 0.2) is 0 Å². The standard InChI is InChI=1S/C13H16ClNO.ClH/c1-13-6-9(7-13)11(15-13)12(16)8-3-2-4-10(14)5-8;/h2-5,9,11-12,15-16H,6-7H2,1H3;1H/t9?,11-,12+,13?;/m0./s1. The Labute approximate surface area is 113 Å². The number of halogens is 2. The van der Waals surface area contributed by atoms with Gasteiger partial charge in [0.1, 0.15) is 0 Å². The zero-order chi connectivity index (χ0) is 11.3. The van der Waals surface area contributed by atoms with Gasteiger partial charge in [0.25, 0.3) is 0 Å². The SMILES string of the molecule is CC12CC(C1)[C@@H]([C@H](O)c1cccc(Cl)c1)N2.Cl. The molecule has 2 aliphatic heterocycles. The van der Waals surface area contributed by atoms with Gasteiger partial charge in [-0.05, 0) is 43.4 Å². The van der Waals surface area contributed by atoms with Crippen LogP contribution in [0.15, 0.2) is 24.3 Å². The number of hydrogen-bond donors (Lipinski definition) is 2. The minimum atomic E-state index is -0.437. The number of aliphatic hydroxyl groups excluding tert-OH is 1. The van der Waals surface area contributed by atoms with Crippen LogP contribution in [0.2, 0.25) is 5.02 Å². The number of fused-ring (bicyclic) bond motifs is 1. The molecule has 2 saturated heterocycles. The first-order chi connectivity index (χ1) is 7.57. The quantitative estimate of drug-likeness (QED) is 0.869. The first-order valence-corrected chi connectivity index (χ1v) is 6.16. The van der Waals surface area contributed by atoms with Crippen LogP contribution in [-0.4, -0.2) is 16.7 Å².